The van der Waals surface area contributed by atoms with Crippen LogP contribution in [-0.4, -0.2) is 50.9 Å². The van der Waals surface area contributed by atoms with Crippen molar-refractivity contribution in [3.8, 4) is 0 Å². The van der Waals surface area contributed by atoms with Gasteiger partial charge in [-0.2, -0.15) is 0 Å². The summed E-state index contributed by atoms with van der Waals surface area (Å²) in [4.78, 5) is 26.2. The molecule has 1 aliphatic carbocycles. The standard InChI is InChI=1S/C19H25N3O5S/c20-17(23)19(6-7-19)18(24)22-8-5-13-3-4-16(10-14(13)12-22)28(25,26)21-11-15-2-1-9-27-15/h3-4,10,15,21H,1-2,5-9,11-12H2,(H2,20,23)/t15-/m1/s1. The minimum atomic E-state index is -3.66. The van der Waals surface area contributed by atoms with Crippen molar-refractivity contribution in [1.29, 1.82) is 0 Å². The van der Waals surface area contributed by atoms with Crippen LogP contribution in [0.5, 0.6) is 0 Å². The predicted molar refractivity (Wildman–Crippen MR) is 101 cm³/mol. The lowest BCUT2D eigenvalue weighted by atomic mass is 9.97. The SMILES string of the molecule is NC(=O)C1(C(=O)N2CCc3ccc(S(=O)(=O)NC[C@H]4CCCO4)cc3C2)CC1. The van der Waals surface area contributed by atoms with Crippen molar-refractivity contribution in [2.45, 2.75) is 49.6 Å². The summed E-state index contributed by atoms with van der Waals surface area (Å²) in [6.07, 6.45) is 3.33. The Hall–Kier alpha value is -1.97. The molecule has 4 rings (SSSR count). The van der Waals surface area contributed by atoms with E-state index in [0.29, 0.717) is 32.4 Å². The highest BCUT2D eigenvalue weighted by Crippen LogP contribution is 2.47. The van der Waals surface area contributed by atoms with E-state index in [1.54, 1.807) is 23.1 Å². The Morgan fingerprint density at radius 3 is 2.71 bits per heavy atom. The van der Waals surface area contributed by atoms with E-state index >= 15 is 0 Å². The lowest BCUT2D eigenvalue weighted by Gasteiger charge is -2.31. The van der Waals surface area contributed by atoms with Crippen molar-refractivity contribution in [1.82, 2.24) is 9.62 Å². The number of nitrogens with one attached hydrogen (secondary N) is 1. The number of fused-ring (bicyclic) bond motifs is 1. The van der Waals surface area contributed by atoms with Crippen molar-refractivity contribution in [2.24, 2.45) is 11.1 Å². The molecular formula is C19H25N3O5S. The number of amides is 2. The predicted octanol–water partition coefficient (Wildman–Crippen LogP) is 0.294. The number of carbonyl (C=O) groups excluding carboxylic acids is 2. The van der Waals surface area contributed by atoms with Crippen molar-refractivity contribution in [3.63, 3.8) is 0 Å². The number of carbonyl (C=O) groups is 2. The maximum Gasteiger partial charge on any atom is 0.240 e. The fraction of sp³-hybridized carbons (Fsp3) is 0.579. The molecule has 9 heteroatoms. The minimum absolute atomic E-state index is 0.0796. The molecule has 152 valence electrons. The number of hydrogen-bond donors (Lipinski definition) is 2. The van der Waals surface area contributed by atoms with Crippen LogP contribution in [0.25, 0.3) is 0 Å². The van der Waals surface area contributed by atoms with Gasteiger partial charge in [0.25, 0.3) is 0 Å². The van der Waals surface area contributed by atoms with Crippen LogP contribution in [0.1, 0.15) is 36.8 Å². The molecule has 0 unspecified atom stereocenters. The van der Waals surface area contributed by atoms with Crippen LogP contribution >= 0.6 is 0 Å². The highest BCUT2D eigenvalue weighted by molar-refractivity contribution is 7.89. The van der Waals surface area contributed by atoms with Gasteiger partial charge < -0.3 is 15.4 Å². The van der Waals surface area contributed by atoms with Crippen molar-refractivity contribution >= 4 is 21.8 Å². The third-order valence-corrected chi connectivity index (χ3v) is 7.36. The van der Waals surface area contributed by atoms with Crippen LogP contribution in [0.15, 0.2) is 23.1 Å². The van der Waals surface area contributed by atoms with Crippen molar-refractivity contribution in [3.05, 3.63) is 29.3 Å². The Morgan fingerprint density at radius 1 is 1.29 bits per heavy atom. The summed E-state index contributed by atoms with van der Waals surface area (Å²) in [6, 6.07) is 5.02. The molecule has 1 aromatic carbocycles. The van der Waals surface area contributed by atoms with Gasteiger partial charge in [-0.05, 0) is 55.4 Å². The molecule has 1 atom stereocenters. The summed E-state index contributed by atoms with van der Waals surface area (Å²) in [5.74, 6) is -0.812. The van der Waals surface area contributed by atoms with E-state index in [9.17, 15) is 18.0 Å². The summed E-state index contributed by atoms with van der Waals surface area (Å²) in [6.45, 7) is 1.72. The molecule has 3 N–H and O–H groups in total. The first-order chi connectivity index (χ1) is 13.3. The Balaban J connectivity index is 1.49. The zero-order chi connectivity index (χ0) is 19.9. The lowest BCUT2D eigenvalue weighted by Crippen LogP contribution is -2.45. The topological polar surface area (TPSA) is 119 Å². The molecule has 8 nitrogen and oxygen atoms in total. The number of sulfonamides is 1. The maximum absolute atomic E-state index is 12.7. The number of benzene rings is 1. The van der Waals surface area contributed by atoms with Gasteiger partial charge in [-0.25, -0.2) is 13.1 Å². The summed E-state index contributed by atoms with van der Waals surface area (Å²) in [5, 5.41) is 0. The first-order valence-electron chi connectivity index (χ1n) is 9.64. The number of rotatable bonds is 6. The van der Waals surface area contributed by atoms with E-state index in [1.165, 1.54) is 0 Å². The van der Waals surface area contributed by atoms with Gasteiger partial charge in [0.15, 0.2) is 0 Å². The van der Waals surface area contributed by atoms with Gasteiger partial charge in [0.2, 0.25) is 21.8 Å². The van der Waals surface area contributed by atoms with Gasteiger partial charge in [0.05, 0.1) is 11.0 Å². The van der Waals surface area contributed by atoms with E-state index in [4.69, 9.17) is 10.5 Å². The quantitative estimate of drug-likeness (QED) is 0.657. The van der Waals surface area contributed by atoms with Crippen molar-refractivity contribution in [2.75, 3.05) is 19.7 Å². The molecule has 0 aromatic heterocycles. The highest BCUT2D eigenvalue weighted by Gasteiger charge is 2.57. The van der Waals surface area contributed by atoms with Crippen LogP contribution in [0.3, 0.4) is 0 Å². The first-order valence-corrected chi connectivity index (χ1v) is 11.1. The highest BCUT2D eigenvalue weighted by atomic mass is 32.2. The molecule has 2 heterocycles. The summed E-state index contributed by atoms with van der Waals surface area (Å²) in [5.41, 5.74) is 6.18. The second kappa shape index (κ2) is 7.13. The molecule has 2 fully saturated rings. The van der Waals surface area contributed by atoms with Crippen LogP contribution in [-0.2, 0) is 37.3 Å². The molecule has 1 saturated carbocycles. The largest absolute Gasteiger partial charge is 0.377 e. The molecule has 1 saturated heterocycles. The average molecular weight is 407 g/mol. The lowest BCUT2D eigenvalue weighted by molar-refractivity contribution is -0.143. The fourth-order valence-electron chi connectivity index (χ4n) is 3.96. The Labute approximate surface area is 164 Å². The van der Waals surface area contributed by atoms with Crippen LogP contribution in [0.2, 0.25) is 0 Å². The van der Waals surface area contributed by atoms with E-state index < -0.39 is 21.3 Å². The Morgan fingerprint density at radius 2 is 2.07 bits per heavy atom. The van der Waals surface area contributed by atoms with Gasteiger partial charge in [-0.15, -0.1) is 0 Å². The van der Waals surface area contributed by atoms with Gasteiger partial charge >= 0.3 is 0 Å². The van der Waals surface area contributed by atoms with E-state index in [0.717, 1.165) is 24.0 Å². The van der Waals surface area contributed by atoms with Crippen LogP contribution in [0.4, 0.5) is 0 Å². The number of nitrogens with two attached hydrogens (primary N) is 1. The van der Waals surface area contributed by atoms with Gasteiger partial charge in [-0.3, -0.25) is 9.59 Å². The fourth-order valence-corrected chi connectivity index (χ4v) is 5.08. The second-order valence-corrected chi connectivity index (χ2v) is 9.61. The summed E-state index contributed by atoms with van der Waals surface area (Å²) < 4.78 is 33.4. The van der Waals surface area contributed by atoms with E-state index in [-0.39, 0.29) is 30.0 Å². The van der Waals surface area contributed by atoms with Crippen LogP contribution < -0.4 is 10.5 Å². The Kier molecular flexibility index (Phi) is 4.93. The molecule has 1 aromatic rings. The molecule has 2 aliphatic heterocycles. The number of nitrogens with zero attached hydrogens (tertiary/aromatic N) is 1. The number of ether oxygens (including phenoxy) is 1. The monoisotopic (exact) mass is 407 g/mol. The third-order valence-electron chi connectivity index (χ3n) is 5.94. The zero-order valence-corrected chi connectivity index (χ0v) is 16.5. The smallest absolute Gasteiger partial charge is 0.240 e. The minimum Gasteiger partial charge on any atom is -0.377 e. The van der Waals surface area contributed by atoms with Gasteiger partial charge in [0.1, 0.15) is 5.41 Å². The molecule has 2 amide bonds. The zero-order valence-electron chi connectivity index (χ0n) is 15.6. The van der Waals surface area contributed by atoms with Gasteiger partial charge in [0, 0.05) is 26.2 Å². The van der Waals surface area contributed by atoms with E-state index in [1.807, 2.05) is 0 Å². The molecule has 0 radical (unpaired) electrons. The average Bonchev–Trinajstić information content (AvgIpc) is 3.34. The van der Waals surface area contributed by atoms with Crippen molar-refractivity contribution < 1.29 is 22.7 Å². The Bertz CT molecular complexity index is 904. The normalized spacial score (nSPS) is 23.3. The molecule has 28 heavy (non-hydrogen) atoms. The summed E-state index contributed by atoms with van der Waals surface area (Å²) in [7, 11) is -3.66. The molecular weight excluding hydrogens is 382 g/mol. The van der Waals surface area contributed by atoms with Crippen LogP contribution in [0, 0.1) is 5.41 Å². The second-order valence-electron chi connectivity index (χ2n) is 7.84. The molecule has 3 aliphatic rings. The third kappa shape index (κ3) is 3.54. The summed E-state index contributed by atoms with van der Waals surface area (Å²) >= 11 is 0. The van der Waals surface area contributed by atoms with E-state index in [2.05, 4.69) is 4.72 Å². The first kappa shape index (κ1) is 19.4. The maximum atomic E-state index is 12.7. The van der Waals surface area contributed by atoms with Gasteiger partial charge in [-0.1, -0.05) is 6.07 Å². The molecule has 0 bridgehead atoms. The number of primary amides is 1. The number of hydrogen-bond acceptors (Lipinski definition) is 5. The molecule has 0 spiro atoms.